The molecule has 1 saturated carbocycles. The molecule has 132 valence electrons. The minimum Gasteiger partial charge on any atom is -0.508 e. The molecule has 1 aromatic carbocycles. The van der Waals surface area contributed by atoms with Crippen molar-refractivity contribution in [3.63, 3.8) is 0 Å². The van der Waals surface area contributed by atoms with Crippen molar-refractivity contribution in [2.24, 2.45) is 11.3 Å². The lowest BCUT2D eigenvalue weighted by atomic mass is 9.63. The molecule has 1 heterocycles. The lowest BCUT2D eigenvalue weighted by Gasteiger charge is -2.56. The van der Waals surface area contributed by atoms with Crippen molar-refractivity contribution in [2.45, 2.75) is 52.7 Å². The molecule has 1 aromatic rings. The van der Waals surface area contributed by atoms with Crippen molar-refractivity contribution in [1.82, 2.24) is 4.90 Å². The molecule has 2 aliphatic rings. The van der Waals surface area contributed by atoms with E-state index in [-0.39, 0.29) is 5.41 Å². The fourth-order valence-corrected chi connectivity index (χ4v) is 3.98. The Labute approximate surface area is 146 Å². The van der Waals surface area contributed by atoms with Crippen LogP contribution in [0.25, 0.3) is 5.57 Å². The largest absolute Gasteiger partial charge is 0.508 e. The maximum Gasteiger partial charge on any atom is 0.115 e. The number of phenols is 1. The summed E-state index contributed by atoms with van der Waals surface area (Å²) in [6, 6.07) is 8.19. The summed E-state index contributed by atoms with van der Waals surface area (Å²) >= 11 is 0. The van der Waals surface area contributed by atoms with Gasteiger partial charge in [-0.05, 0) is 42.0 Å². The van der Waals surface area contributed by atoms with Crippen LogP contribution in [0.4, 0.5) is 0 Å². The van der Waals surface area contributed by atoms with E-state index in [0.717, 1.165) is 32.5 Å². The SMILES string of the molecule is CC(C)COC1CC(N2CC=C(c3ccc(O)cc3)CC2)C1(C)C. The van der Waals surface area contributed by atoms with Gasteiger partial charge in [0.05, 0.1) is 6.10 Å². The molecule has 2 unspecified atom stereocenters. The maximum absolute atomic E-state index is 9.43. The topological polar surface area (TPSA) is 32.7 Å². The van der Waals surface area contributed by atoms with Crippen molar-refractivity contribution in [3.05, 3.63) is 35.9 Å². The van der Waals surface area contributed by atoms with E-state index in [1.54, 1.807) is 12.1 Å². The van der Waals surface area contributed by atoms with Gasteiger partial charge in [0.25, 0.3) is 0 Å². The third kappa shape index (κ3) is 3.52. The summed E-state index contributed by atoms with van der Waals surface area (Å²) in [5.74, 6) is 0.936. The Morgan fingerprint density at radius 3 is 2.50 bits per heavy atom. The minimum atomic E-state index is 0.235. The van der Waals surface area contributed by atoms with Gasteiger partial charge in [-0.3, -0.25) is 4.90 Å². The van der Waals surface area contributed by atoms with Crippen molar-refractivity contribution < 1.29 is 9.84 Å². The summed E-state index contributed by atoms with van der Waals surface area (Å²) in [4.78, 5) is 2.61. The van der Waals surface area contributed by atoms with Crippen LogP contribution < -0.4 is 0 Å². The van der Waals surface area contributed by atoms with E-state index in [2.05, 4.69) is 38.7 Å². The normalized spacial score (nSPS) is 27.0. The summed E-state index contributed by atoms with van der Waals surface area (Å²) < 4.78 is 6.11. The lowest BCUT2D eigenvalue weighted by molar-refractivity contribution is -0.155. The van der Waals surface area contributed by atoms with E-state index in [4.69, 9.17) is 4.74 Å². The number of rotatable bonds is 5. The van der Waals surface area contributed by atoms with Gasteiger partial charge in [0, 0.05) is 31.2 Å². The van der Waals surface area contributed by atoms with Gasteiger partial charge in [-0.2, -0.15) is 0 Å². The molecule has 3 rings (SSSR count). The fraction of sp³-hybridized carbons (Fsp3) is 0.619. The molecular weight excluding hydrogens is 298 g/mol. The van der Waals surface area contributed by atoms with E-state index >= 15 is 0 Å². The fourth-order valence-electron chi connectivity index (χ4n) is 3.98. The number of nitrogens with zero attached hydrogens (tertiary/aromatic N) is 1. The van der Waals surface area contributed by atoms with Crippen molar-refractivity contribution in [2.75, 3.05) is 19.7 Å². The van der Waals surface area contributed by atoms with Crippen LogP contribution in [-0.2, 0) is 4.74 Å². The van der Waals surface area contributed by atoms with E-state index in [0.29, 0.717) is 23.8 Å². The van der Waals surface area contributed by atoms with Crippen LogP contribution in [0.5, 0.6) is 5.75 Å². The first-order valence-corrected chi connectivity index (χ1v) is 9.22. The summed E-state index contributed by atoms with van der Waals surface area (Å²) in [6.45, 7) is 12.1. The highest BCUT2D eigenvalue weighted by molar-refractivity contribution is 5.67. The Balaban J connectivity index is 1.58. The molecule has 0 bridgehead atoms. The number of hydrogen-bond donors (Lipinski definition) is 1. The average molecular weight is 329 g/mol. The molecule has 1 fully saturated rings. The molecule has 24 heavy (non-hydrogen) atoms. The molecule has 3 heteroatoms. The molecule has 0 amide bonds. The monoisotopic (exact) mass is 329 g/mol. The molecule has 0 saturated heterocycles. The van der Waals surface area contributed by atoms with Crippen molar-refractivity contribution in [3.8, 4) is 5.75 Å². The molecule has 1 aliphatic carbocycles. The van der Waals surface area contributed by atoms with Gasteiger partial charge in [0.1, 0.15) is 5.75 Å². The van der Waals surface area contributed by atoms with Gasteiger partial charge in [-0.1, -0.05) is 45.9 Å². The van der Waals surface area contributed by atoms with Gasteiger partial charge in [0.15, 0.2) is 0 Å². The lowest BCUT2D eigenvalue weighted by Crippen LogP contribution is -2.62. The molecule has 0 aromatic heterocycles. The Bertz CT molecular complexity index is 588. The van der Waals surface area contributed by atoms with Crippen LogP contribution in [0.2, 0.25) is 0 Å². The van der Waals surface area contributed by atoms with Gasteiger partial charge >= 0.3 is 0 Å². The Kier molecular flexibility index (Phi) is 5.03. The van der Waals surface area contributed by atoms with Crippen LogP contribution in [0.3, 0.4) is 0 Å². The summed E-state index contributed by atoms with van der Waals surface area (Å²) in [6.07, 6.45) is 4.98. The van der Waals surface area contributed by atoms with Gasteiger partial charge in [-0.15, -0.1) is 0 Å². The smallest absolute Gasteiger partial charge is 0.115 e. The van der Waals surface area contributed by atoms with Crippen LogP contribution in [0.15, 0.2) is 30.3 Å². The Morgan fingerprint density at radius 2 is 1.96 bits per heavy atom. The van der Waals surface area contributed by atoms with Crippen LogP contribution >= 0.6 is 0 Å². The maximum atomic E-state index is 9.43. The number of benzene rings is 1. The first-order valence-electron chi connectivity index (χ1n) is 9.22. The predicted molar refractivity (Wildman–Crippen MR) is 99.0 cm³/mol. The third-order valence-electron chi connectivity index (χ3n) is 5.68. The number of aromatic hydroxyl groups is 1. The molecule has 0 radical (unpaired) electrons. The third-order valence-corrected chi connectivity index (χ3v) is 5.68. The Hall–Kier alpha value is -1.32. The first-order chi connectivity index (χ1) is 11.4. The summed E-state index contributed by atoms with van der Waals surface area (Å²) in [5.41, 5.74) is 2.87. The second kappa shape index (κ2) is 6.89. The van der Waals surface area contributed by atoms with Crippen molar-refractivity contribution in [1.29, 1.82) is 0 Å². The zero-order valence-electron chi connectivity index (χ0n) is 15.5. The highest BCUT2D eigenvalue weighted by atomic mass is 16.5. The van der Waals surface area contributed by atoms with Gasteiger partial charge in [0.2, 0.25) is 0 Å². The molecule has 3 nitrogen and oxygen atoms in total. The van der Waals surface area contributed by atoms with Crippen molar-refractivity contribution >= 4 is 5.57 Å². The predicted octanol–water partition coefficient (Wildman–Crippen LogP) is 4.32. The summed E-state index contributed by atoms with van der Waals surface area (Å²) in [5, 5.41) is 9.43. The molecule has 0 spiro atoms. The van der Waals surface area contributed by atoms with Crippen LogP contribution in [0.1, 0.15) is 46.1 Å². The highest BCUT2D eigenvalue weighted by Crippen LogP contribution is 2.46. The first kappa shape index (κ1) is 17.5. The zero-order chi connectivity index (χ0) is 17.3. The number of hydrogen-bond acceptors (Lipinski definition) is 3. The number of phenolic OH excluding ortho intramolecular Hbond substituents is 1. The zero-order valence-corrected chi connectivity index (χ0v) is 15.5. The van der Waals surface area contributed by atoms with Gasteiger partial charge < -0.3 is 9.84 Å². The quantitative estimate of drug-likeness (QED) is 0.873. The average Bonchev–Trinajstić information content (AvgIpc) is 2.55. The Morgan fingerprint density at radius 1 is 1.25 bits per heavy atom. The standard InChI is InChI=1S/C21H31NO2/c1-15(2)14-24-20-13-19(21(20,3)4)22-11-9-17(10-12-22)16-5-7-18(23)8-6-16/h5-9,15,19-20,23H,10-14H2,1-4H3. The summed E-state index contributed by atoms with van der Waals surface area (Å²) in [7, 11) is 0. The molecule has 1 N–H and O–H groups in total. The second-order valence-corrected chi connectivity index (χ2v) is 8.31. The molecule has 1 aliphatic heterocycles. The van der Waals surface area contributed by atoms with E-state index in [1.165, 1.54) is 11.1 Å². The highest BCUT2D eigenvalue weighted by Gasteiger charge is 2.51. The van der Waals surface area contributed by atoms with Crippen LogP contribution in [-0.4, -0.2) is 41.8 Å². The molecule has 2 atom stereocenters. The second-order valence-electron chi connectivity index (χ2n) is 8.31. The van der Waals surface area contributed by atoms with Gasteiger partial charge in [-0.25, -0.2) is 0 Å². The molecular formula is C21H31NO2. The number of ether oxygens (including phenoxy) is 1. The van der Waals surface area contributed by atoms with E-state index < -0.39 is 0 Å². The van der Waals surface area contributed by atoms with E-state index in [9.17, 15) is 5.11 Å². The minimum absolute atomic E-state index is 0.235. The van der Waals surface area contributed by atoms with E-state index in [1.807, 2.05) is 12.1 Å². The van der Waals surface area contributed by atoms with Crippen LogP contribution in [0, 0.1) is 11.3 Å².